The van der Waals surface area contributed by atoms with Crippen LogP contribution in [0.2, 0.25) is 0 Å². The number of amides is 2. The van der Waals surface area contributed by atoms with Crippen molar-refractivity contribution in [2.75, 3.05) is 67.6 Å². The molecule has 2 saturated heterocycles. The molecule has 0 atom stereocenters. The van der Waals surface area contributed by atoms with Gasteiger partial charge < -0.3 is 24.8 Å². The summed E-state index contributed by atoms with van der Waals surface area (Å²) >= 11 is 0. The number of anilines is 3. The molecule has 4 rings (SSSR count). The maximum absolute atomic E-state index is 12.5. The second-order valence-corrected chi connectivity index (χ2v) is 7.75. The van der Waals surface area contributed by atoms with Crippen LogP contribution in [0, 0.1) is 0 Å². The van der Waals surface area contributed by atoms with Gasteiger partial charge in [0.25, 0.3) is 0 Å². The Morgan fingerprint density at radius 1 is 0.871 bits per heavy atom. The van der Waals surface area contributed by atoms with Crippen molar-refractivity contribution in [3.05, 3.63) is 48.7 Å². The standard InChI is InChI=1S/C23H29N5O3/c29-22(25-19-4-6-20(7-5-19)26-15-17-31-18-16-26)8-9-23(30)28-13-11-27(12-14-28)21-3-1-2-10-24-21/h1-7,10H,8-9,11-18H2,(H,25,29). The van der Waals surface area contributed by atoms with Gasteiger partial charge in [-0.05, 0) is 36.4 Å². The van der Waals surface area contributed by atoms with Gasteiger partial charge in [-0.25, -0.2) is 4.98 Å². The number of ether oxygens (including phenoxy) is 1. The number of rotatable bonds is 6. The van der Waals surface area contributed by atoms with Crippen LogP contribution in [0.3, 0.4) is 0 Å². The van der Waals surface area contributed by atoms with E-state index in [1.165, 1.54) is 0 Å². The second kappa shape index (κ2) is 10.3. The molecule has 0 radical (unpaired) electrons. The molecule has 2 amide bonds. The Balaban J connectivity index is 1.19. The van der Waals surface area contributed by atoms with Crippen LogP contribution in [0.25, 0.3) is 0 Å². The Hall–Kier alpha value is -3.13. The fourth-order valence-electron chi connectivity index (χ4n) is 3.90. The molecule has 0 saturated carbocycles. The average Bonchev–Trinajstić information content (AvgIpc) is 2.84. The topological polar surface area (TPSA) is 78.0 Å². The summed E-state index contributed by atoms with van der Waals surface area (Å²) in [7, 11) is 0. The highest BCUT2D eigenvalue weighted by molar-refractivity contribution is 5.93. The van der Waals surface area contributed by atoms with Crippen LogP contribution in [0.5, 0.6) is 0 Å². The molecular weight excluding hydrogens is 394 g/mol. The lowest BCUT2D eigenvalue weighted by molar-refractivity contribution is -0.133. The van der Waals surface area contributed by atoms with Crippen molar-refractivity contribution in [2.45, 2.75) is 12.8 Å². The number of carbonyl (C=O) groups is 2. The van der Waals surface area contributed by atoms with E-state index in [0.717, 1.165) is 56.6 Å². The maximum Gasteiger partial charge on any atom is 0.224 e. The Labute approximate surface area is 182 Å². The van der Waals surface area contributed by atoms with Gasteiger partial charge in [-0.1, -0.05) is 6.07 Å². The van der Waals surface area contributed by atoms with Gasteiger partial charge in [-0.2, -0.15) is 0 Å². The monoisotopic (exact) mass is 423 g/mol. The van der Waals surface area contributed by atoms with Crippen molar-refractivity contribution in [3.63, 3.8) is 0 Å². The summed E-state index contributed by atoms with van der Waals surface area (Å²) in [5, 5.41) is 2.89. The molecule has 0 spiro atoms. The van der Waals surface area contributed by atoms with Gasteiger partial charge in [0.05, 0.1) is 13.2 Å². The number of hydrogen-bond acceptors (Lipinski definition) is 6. The number of carbonyl (C=O) groups excluding carboxylic acids is 2. The molecule has 3 heterocycles. The van der Waals surface area contributed by atoms with Crippen molar-refractivity contribution in [3.8, 4) is 0 Å². The Morgan fingerprint density at radius 3 is 2.29 bits per heavy atom. The maximum atomic E-state index is 12.5. The summed E-state index contributed by atoms with van der Waals surface area (Å²) in [6.07, 6.45) is 2.19. The molecular formula is C23H29N5O3. The van der Waals surface area contributed by atoms with Gasteiger partial charge in [-0.3, -0.25) is 9.59 Å². The van der Waals surface area contributed by atoms with Crippen LogP contribution in [-0.4, -0.2) is 74.2 Å². The highest BCUT2D eigenvalue weighted by atomic mass is 16.5. The smallest absolute Gasteiger partial charge is 0.224 e. The fraction of sp³-hybridized carbons (Fsp3) is 0.435. The summed E-state index contributed by atoms with van der Waals surface area (Å²) in [5.41, 5.74) is 1.87. The first kappa shape index (κ1) is 21.1. The summed E-state index contributed by atoms with van der Waals surface area (Å²) in [5.74, 6) is 0.826. The molecule has 2 aliphatic heterocycles. The van der Waals surface area contributed by atoms with Crippen molar-refractivity contribution < 1.29 is 14.3 Å². The van der Waals surface area contributed by atoms with E-state index in [4.69, 9.17) is 4.74 Å². The lowest BCUT2D eigenvalue weighted by Crippen LogP contribution is -2.49. The third-order valence-corrected chi connectivity index (χ3v) is 5.70. The molecule has 1 aromatic heterocycles. The highest BCUT2D eigenvalue weighted by Gasteiger charge is 2.22. The van der Waals surface area contributed by atoms with Gasteiger partial charge >= 0.3 is 0 Å². The van der Waals surface area contributed by atoms with E-state index in [2.05, 4.69) is 20.1 Å². The number of hydrogen-bond donors (Lipinski definition) is 1. The molecule has 31 heavy (non-hydrogen) atoms. The molecule has 8 heteroatoms. The lowest BCUT2D eigenvalue weighted by Gasteiger charge is -2.35. The summed E-state index contributed by atoms with van der Waals surface area (Å²) in [4.78, 5) is 35.5. The van der Waals surface area contributed by atoms with Crippen LogP contribution in [0.4, 0.5) is 17.2 Å². The molecule has 1 aromatic carbocycles. The average molecular weight is 424 g/mol. The Morgan fingerprint density at radius 2 is 1.61 bits per heavy atom. The first-order valence-corrected chi connectivity index (χ1v) is 10.9. The number of pyridine rings is 1. The number of morpholine rings is 1. The second-order valence-electron chi connectivity index (χ2n) is 7.75. The van der Waals surface area contributed by atoms with Crippen molar-refractivity contribution in [2.24, 2.45) is 0 Å². The van der Waals surface area contributed by atoms with Crippen LogP contribution in [0.1, 0.15) is 12.8 Å². The minimum atomic E-state index is -0.139. The fourth-order valence-corrected chi connectivity index (χ4v) is 3.90. The van der Waals surface area contributed by atoms with Gasteiger partial charge in [-0.15, -0.1) is 0 Å². The van der Waals surface area contributed by atoms with Gasteiger partial charge in [0.1, 0.15) is 5.82 Å². The normalized spacial score (nSPS) is 16.8. The molecule has 2 fully saturated rings. The SMILES string of the molecule is O=C(CCC(=O)N1CCN(c2ccccn2)CC1)Nc1ccc(N2CCOCC2)cc1. The van der Waals surface area contributed by atoms with Crippen molar-refractivity contribution >= 4 is 29.0 Å². The number of nitrogens with one attached hydrogen (secondary N) is 1. The molecule has 0 bridgehead atoms. The predicted octanol–water partition coefficient (Wildman–Crippen LogP) is 1.99. The molecule has 1 N–H and O–H groups in total. The zero-order valence-corrected chi connectivity index (χ0v) is 17.7. The molecule has 2 aromatic rings. The van der Waals surface area contributed by atoms with E-state index in [0.29, 0.717) is 13.1 Å². The Kier molecular flexibility index (Phi) is 6.99. The van der Waals surface area contributed by atoms with Crippen molar-refractivity contribution in [1.82, 2.24) is 9.88 Å². The first-order chi connectivity index (χ1) is 15.2. The highest BCUT2D eigenvalue weighted by Crippen LogP contribution is 2.19. The number of aromatic nitrogens is 1. The van der Waals surface area contributed by atoms with Gasteiger partial charge in [0.15, 0.2) is 0 Å². The molecule has 0 aliphatic carbocycles. The summed E-state index contributed by atoms with van der Waals surface area (Å²) < 4.78 is 5.38. The van der Waals surface area contributed by atoms with Crippen LogP contribution in [0.15, 0.2) is 48.7 Å². The predicted molar refractivity (Wildman–Crippen MR) is 120 cm³/mol. The van der Waals surface area contributed by atoms with Gasteiger partial charge in [0, 0.05) is 69.7 Å². The molecule has 8 nitrogen and oxygen atoms in total. The lowest BCUT2D eigenvalue weighted by atomic mass is 10.2. The third-order valence-electron chi connectivity index (χ3n) is 5.70. The number of benzene rings is 1. The zero-order valence-electron chi connectivity index (χ0n) is 17.7. The van der Waals surface area contributed by atoms with E-state index >= 15 is 0 Å². The quantitative estimate of drug-likeness (QED) is 0.766. The van der Waals surface area contributed by atoms with Gasteiger partial charge in [0.2, 0.25) is 11.8 Å². The molecule has 164 valence electrons. The van der Waals surface area contributed by atoms with E-state index < -0.39 is 0 Å². The summed E-state index contributed by atoms with van der Waals surface area (Å²) in [6, 6.07) is 13.7. The third kappa shape index (κ3) is 5.73. The van der Waals surface area contributed by atoms with E-state index in [9.17, 15) is 9.59 Å². The van der Waals surface area contributed by atoms with Crippen LogP contribution in [-0.2, 0) is 14.3 Å². The van der Waals surface area contributed by atoms with Crippen LogP contribution >= 0.6 is 0 Å². The first-order valence-electron chi connectivity index (χ1n) is 10.9. The number of nitrogens with zero attached hydrogens (tertiary/aromatic N) is 4. The van der Waals surface area contributed by atoms with E-state index in [-0.39, 0.29) is 24.7 Å². The number of piperazine rings is 1. The van der Waals surface area contributed by atoms with E-state index in [1.807, 2.05) is 47.4 Å². The molecule has 2 aliphatic rings. The van der Waals surface area contributed by atoms with Crippen molar-refractivity contribution in [1.29, 1.82) is 0 Å². The Bertz CT molecular complexity index is 861. The largest absolute Gasteiger partial charge is 0.378 e. The zero-order chi connectivity index (χ0) is 21.5. The van der Waals surface area contributed by atoms with Crippen LogP contribution < -0.4 is 15.1 Å². The minimum absolute atomic E-state index is 0.0264. The summed E-state index contributed by atoms with van der Waals surface area (Å²) in [6.45, 7) is 6.05. The van der Waals surface area contributed by atoms with E-state index in [1.54, 1.807) is 6.20 Å². The minimum Gasteiger partial charge on any atom is -0.378 e. The molecule has 0 unspecified atom stereocenters.